The Hall–Kier alpha value is -3.37. The van der Waals surface area contributed by atoms with Crippen molar-refractivity contribution in [1.29, 1.82) is 5.26 Å². The highest BCUT2D eigenvalue weighted by atomic mass is 16.4. The highest BCUT2D eigenvalue weighted by Crippen LogP contribution is 2.44. The molecule has 7 nitrogen and oxygen atoms in total. The third-order valence-electron chi connectivity index (χ3n) is 7.28. The monoisotopic (exact) mass is 457 g/mol. The van der Waals surface area contributed by atoms with E-state index >= 15 is 0 Å². The molecule has 7 heteroatoms. The van der Waals surface area contributed by atoms with Crippen LogP contribution in [0.5, 0.6) is 0 Å². The number of amides is 1. The molecular formula is C27H31N5O2. The number of fused-ring (bicyclic) bond motifs is 1. The molecule has 2 saturated heterocycles. The van der Waals surface area contributed by atoms with Gasteiger partial charge in [0.25, 0.3) is 5.89 Å². The van der Waals surface area contributed by atoms with Gasteiger partial charge in [-0.15, -0.1) is 0 Å². The molecule has 1 aromatic heterocycles. The zero-order chi connectivity index (χ0) is 23.8. The molecule has 3 aromatic rings. The van der Waals surface area contributed by atoms with Crippen molar-refractivity contribution in [3.63, 3.8) is 0 Å². The largest absolute Gasteiger partial charge is 0.430 e. The Bertz CT molecular complexity index is 1250. The first-order valence-corrected chi connectivity index (χ1v) is 12.1. The van der Waals surface area contributed by atoms with Gasteiger partial charge in [0.15, 0.2) is 5.58 Å². The van der Waals surface area contributed by atoms with Gasteiger partial charge in [-0.1, -0.05) is 30.3 Å². The standard InChI is InChI=1S/C27H31N5O2/c1-18-21(16-28)23-25(34-26(29-23)27(33)31-13-8-5-9-14-31)24(22(18)19-10-6-4-7-11-19)32-15-12-20(17-32)30(2)3/h4,6-7,10-11,20H,5,8-9,12-15,17H2,1-3H3/t20-/m0/s1. The average Bonchev–Trinajstić information content (AvgIpc) is 3.52. The van der Waals surface area contributed by atoms with Crippen molar-refractivity contribution in [3.8, 4) is 17.2 Å². The maximum atomic E-state index is 13.2. The summed E-state index contributed by atoms with van der Waals surface area (Å²) in [6, 6.07) is 12.9. The molecule has 2 aliphatic heterocycles. The SMILES string of the molecule is Cc1c(-c2ccccc2)c(N2CC[C@H](N(C)C)C2)c2oc(C(=O)N3CCCCC3)nc2c1C#N. The van der Waals surface area contributed by atoms with Crippen molar-refractivity contribution in [2.24, 2.45) is 0 Å². The van der Waals surface area contributed by atoms with E-state index in [0.29, 0.717) is 22.7 Å². The summed E-state index contributed by atoms with van der Waals surface area (Å²) in [4.78, 5) is 24.3. The minimum Gasteiger partial charge on any atom is -0.430 e. The Morgan fingerprint density at radius 2 is 1.88 bits per heavy atom. The van der Waals surface area contributed by atoms with Crippen molar-refractivity contribution < 1.29 is 9.21 Å². The molecule has 1 atom stereocenters. The van der Waals surface area contributed by atoms with E-state index < -0.39 is 0 Å². The number of carbonyl (C=O) groups excluding carboxylic acids is 1. The minimum absolute atomic E-state index is 0.0858. The number of likely N-dealkylation sites (N-methyl/N-ethyl adjacent to an activating group) is 1. The molecule has 0 N–H and O–H groups in total. The second-order valence-corrected chi connectivity index (χ2v) is 9.60. The molecule has 0 bridgehead atoms. The number of anilines is 1. The smallest absolute Gasteiger partial charge is 0.309 e. The van der Waals surface area contributed by atoms with E-state index in [1.807, 2.05) is 30.0 Å². The minimum atomic E-state index is -0.183. The number of carbonyl (C=O) groups is 1. The van der Waals surface area contributed by atoms with E-state index in [9.17, 15) is 10.1 Å². The second-order valence-electron chi connectivity index (χ2n) is 9.60. The summed E-state index contributed by atoms with van der Waals surface area (Å²) in [7, 11) is 4.21. The molecule has 176 valence electrons. The molecule has 0 unspecified atom stereocenters. The van der Waals surface area contributed by atoms with Crippen molar-refractivity contribution in [2.75, 3.05) is 45.2 Å². The quantitative estimate of drug-likeness (QED) is 0.576. The lowest BCUT2D eigenvalue weighted by atomic mass is 9.93. The van der Waals surface area contributed by atoms with Gasteiger partial charge in [0.05, 0.1) is 11.3 Å². The molecule has 2 aromatic carbocycles. The maximum absolute atomic E-state index is 13.2. The van der Waals surface area contributed by atoms with Gasteiger partial charge in [-0.05, 0) is 57.8 Å². The molecule has 0 saturated carbocycles. The summed E-state index contributed by atoms with van der Waals surface area (Å²) in [5, 5.41) is 10.1. The average molecular weight is 458 g/mol. The molecule has 1 amide bonds. The van der Waals surface area contributed by atoms with Gasteiger partial charge in [0.2, 0.25) is 0 Å². The van der Waals surface area contributed by atoms with Gasteiger partial charge in [-0.3, -0.25) is 4.79 Å². The fourth-order valence-electron chi connectivity index (χ4n) is 5.33. The van der Waals surface area contributed by atoms with Crippen LogP contribution in [0, 0.1) is 18.3 Å². The van der Waals surface area contributed by atoms with E-state index in [2.05, 4.69) is 47.1 Å². The number of hydrogen-bond acceptors (Lipinski definition) is 6. The van der Waals surface area contributed by atoms with Gasteiger partial charge < -0.3 is 19.1 Å². The number of benzene rings is 2. The number of aromatic nitrogens is 1. The lowest BCUT2D eigenvalue weighted by Crippen LogP contribution is -2.35. The highest BCUT2D eigenvalue weighted by molar-refractivity contribution is 6.04. The van der Waals surface area contributed by atoms with Crippen LogP contribution in [-0.4, -0.2) is 67.0 Å². The molecule has 5 rings (SSSR count). The number of nitriles is 1. The number of piperidine rings is 1. The van der Waals surface area contributed by atoms with Gasteiger partial charge in [-0.2, -0.15) is 5.26 Å². The Labute approximate surface area is 200 Å². The molecule has 0 aliphatic carbocycles. The van der Waals surface area contributed by atoms with Crippen LogP contribution >= 0.6 is 0 Å². The van der Waals surface area contributed by atoms with Crippen LogP contribution in [0.1, 0.15) is 47.5 Å². The van der Waals surface area contributed by atoms with Gasteiger partial charge in [-0.25, -0.2) is 4.98 Å². The molecule has 2 aliphatic rings. The molecule has 34 heavy (non-hydrogen) atoms. The van der Waals surface area contributed by atoms with E-state index in [0.717, 1.165) is 74.2 Å². The molecule has 0 radical (unpaired) electrons. The number of nitrogens with zero attached hydrogens (tertiary/aromatic N) is 5. The summed E-state index contributed by atoms with van der Waals surface area (Å²) in [6.45, 7) is 5.15. The van der Waals surface area contributed by atoms with Gasteiger partial charge in [0, 0.05) is 37.8 Å². The summed E-state index contributed by atoms with van der Waals surface area (Å²) in [5.74, 6) is -0.0973. The first kappa shape index (κ1) is 22.4. The predicted octanol–water partition coefficient (Wildman–Crippen LogP) is 4.44. The van der Waals surface area contributed by atoms with E-state index in [1.54, 1.807) is 0 Å². The first-order valence-electron chi connectivity index (χ1n) is 12.1. The third-order valence-corrected chi connectivity index (χ3v) is 7.28. The van der Waals surface area contributed by atoms with Crippen LogP contribution in [0.4, 0.5) is 5.69 Å². The number of hydrogen-bond donors (Lipinski definition) is 0. The highest BCUT2D eigenvalue weighted by Gasteiger charge is 2.33. The zero-order valence-electron chi connectivity index (χ0n) is 20.2. The van der Waals surface area contributed by atoms with Crippen molar-refractivity contribution >= 4 is 22.7 Å². The molecule has 3 heterocycles. The number of likely N-dealkylation sites (tertiary alicyclic amines) is 1. The third kappa shape index (κ3) is 3.82. The molecular weight excluding hydrogens is 426 g/mol. The van der Waals surface area contributed by atoms with Crippen molar-refractivity contribution in [2.45, 2.75) is 38.6 Å². The summed E-state index contributed by atoms with van der Waals surface area (Å²) in [6.07, 6.45) is 4.17. The van der Waals surface area contributed by atoms with E-state index in [4.69, 9.17) is 4.42 Å². The summed E-state index contributed by atoms with van der Waals surface area (Å²) >= 11 is 0. The lowest BCUT2D eigenvalue weighted by molar-refractivity contribution is 0.0686. The summed E-state index contributed by atoms with van der Waals surface area (Å²) in [5.41, 5.74) is 5.33. The Balaban J connectivity index is 1.72. The second kappa shape index (κ2) is 9.11. The van der Waals surface area contributed by atoms with Crippen molar-refractivity contribution in [1.82, 2.24) is 14.8 Å². The Morgan fingerprint density at radius 3 is 2.53 bits per heavy atom. The molecule has 2 fully saturated rings. The van der Waals surface area contributed by atoms with Gasteiger partial charge >= 0.3 is 5.91 Å². The van der Waals surface area contributed by atoms with Crippen LogP contribution < -0.4 is 4.90 Å². The molecule has 0 spiro atoms. The number of oxazole rings is 1. The normalized spacial score (nSPS) is 18.6. The zero-order valence-corrected chi connectivity index (χ0v) is 20.2. The maximum Gasteiger partial charge on any atom is 0.309 e. The Morgan fingerprint density at radius 1 is 1.15 bits per heavy atom. The van der Waals surface area contributed by atoms with Crippen LogP contribution in [0.15, 0.2) is 34.7 Å². The summed E-state index contributed by atoms with van der Waals surface area (Å²) < 4.78 is 6.27. The lowest BCUT2D eigenvalue weighted by Gasteiger charge is -2.26. The fraction of sp³-hybridized carbons (Fsp3) is 0.444. The van der Waals surface area contributed by atoms with E-state index in [-0.39, 0.29) is 11.8 Å². The Kier molecular flexibility index (Phi) is 6.01. The fourth-order valence-corrected chi connectivity index (χ4v) is 5.33. The van der Waals surface area contributed by atoms with Crippen LogP contribution in [0.3, 0.4) is 0 Å². The van der Waals surface area contributed by atoms with Crippen LogP contribution in [-0.2, 0) is 0 Å². The number of rotatable bonds is 4. The predicted molar refractivity (Wildman–Crippen MR) is 133 cm³/mol. The first-order chi connectivity index (χ1) is 16.5. The topological polar surface area (TPSA) is 76.6 Å². The van der Waals surface area contributed by atoms with E-state index in [1.165, 1.54) is 0 Å². The van der Waals surface area contributed by atoms with Crippen LogP contribution in [0.2, 0.25) is 0 Å². The van der Waals surface area contributed by atoms with Crippen LogP contribution in [0.25, 0.3) is 22.2 Å². The van der Waals surface area contributed by atoms with Crippen molar-refractivity contribution in [3.05, 3.63) is 47.3 Å². The van der Waals surface area contributed by atoms with Gasteiger partial charge in [0.1, 0.15) is 11.6 Å².